The lowest BCUT2D eigenvalue weighted by atomic mass is 9.87. The molecule has 2 amide bonds. The van der Waals surface area contributed by atoms with Crippen LogP contribution >= 0.6 is 0 Å². The van der Waals surface area contributed by atoms with Gasteiger partial charge in [0.1, 0.15) is 11.5 Å². The summed E-state index contributed by atoms with van der Waals surface area (Å²) >= 11 is 0. The molecule has 0 radical (unpaired) electrons. The molecule has 3 aromatic rings. The van der Waals surface area contributed by atoms with E-state index in [0.29, 0.717) is 28.0 Å². The molecule has 30 heavy (non-hydrogen) atoms. The SMILES string of the molecule is CCC(c1c(-c2noc3cccc(F)c23)ccc2c1C(=O)NC2=O)N1CCCCC1. The summed E-state index contributed by atoms with van der Waals surface area (Å²) in [7, 11) is 0. The third-order valence-electron chi connectivity index (χ3n) is 6.20. The lowest BCUT2D eigenvalue weighted by Crippen LogP contribution is -2.34. The van der Waals surface area contributed by atoms with Crippen LogP contribution in [0.1, 0.15) is 64.9 Å². The lowest BCUT2D eigenvalue weighted by molar-refractivity contribution is 0.0878. The summed E-state index contributed by atoms with van der Waals surface area (Å²) in [5.74, 6) is -1.23. The highest BCUT2D eigenvalue weighted by Crippen LogP contribution is 2.41. The molecule has 5 rings (SSSR count). The predicted octanol–water partition coefficient (Wildman–Crippen LogP) is 4.45. The van der Waals surface area contributed by atoms with Crippen LogP contribution in [0.15, 0.2) is 34.9 Å². The molecule has 2 aliphatic heterocycles. The quantitative estimate of drug-likeness (QED) is 0.647. The minimum Gasteiger partial charge on any atom is -0.356 e. The fourth-order valence-electron chi connectivity index (χ4n) is 4.85. The van der Waals surface area contributed by atoms with Crippen molar-refractivity contribution < 1.29 is 18.5 Å². The molecule has 0 spiro atoms. The molecule has 1 fully saturated rings. The van der Waals surface area contributed by atoms with E-state index in [9.17, 15) is 14.0 Å². The maximum absolute atomic E-state index is 14.7. The van der Waals surface area contributed by atoms with Crippen LogP contribution in [0.2, 0.25) is 0 Å². The molecule has 2 aliphatic rings. The maximum atomic E-state index is 14.7. The van der Waals surface area contributed by atoms with Crippen LogP contribution in [0.5, 0.6) is 0 Å². The van der Waals surface area contributed by atoms with Crippen molar-refractivity contribution in [2.75, 3.05) is 13.1 Å². The highest BCUT2D eigenvalue weighted by atomic mass is 19.1. The largest absolute Gasteiger partial charge is 0.356 e. The number of benzene rings is 2. The average Bonchev–Trinajstić information content (AvgIpc) is 3.31. The molecule has 0 saturated carbocycles. The van der Waals surface area contributed by atoms with Crippen LogP contribution in [0, 0.1) is 5.82 Å². The molecule has 0 bridgehead atoms. The number of carbonyl (C=O) groups is 2. The smallest absolute Gasteiger partial charge is 0.259 e. The summed E-state index contributed by atoms with van der Waals surface area (Å²) in [5, 5.41) is 6.87. The van der Waals surface area contributed by atoms with Gasteiger partial charge in [-0.3, -0.25) is 19.8 Å². The summed E-state index contributed by atoms with van der Waals surface area (Å²) in [6.07, 6.45) is 4.12. The second-order valence-corrected chi connectivity index (χ2v) is 7.90. The maximum Gasteiger partial charge on any atom is 0.259 e. The third-order valence-corrected chi connectivity index (χ3v) is 6.20. The summed E-state index contributed by atoms with van der Waals surface area (Å²) in [5.41, 5.74) is 2.83. The highest BCUT2D eigenvalue weighted by molar-refractivity contribution is 6.23. The first-order chi connectivity index (χ1) is 14.6. The molecule has 6 nitrogen and oxygen atoms in total. The first-order valence-corrected chi connectivity index (χ1v) is 10.4. The molecule has 7 heteroatoms. The Kier molecular flexibility index (Phi) is 4.62. The Bertz CT molecular complexity index is 1160. The van der Waals surface area contributed by atoms with E-state index in [4.69, 9.17) is 4.52 Å². The van der Waals surface area contributed by atoms with Gasteiger partial charge < -0.3 is 4.52 Å². The number of fused-ring (bicyclic) bond motifs is 2. The molecule has 1 atom stereocenters. The summed E-state index contributed by atoms with van der Waals surface area (Å²) < 4.78 is 20.1. The number of aromatic nitrogens is 1. The van der Waals surface area contributed by atoms with Crippen molar-refractivity contribution >= 4 is 22.8 Å². The Morgan fingerprint density at radius 1 is 1.10 bits per heavy atom. The standard InChI is InChI=1S/C23H22FN3O3/c1-2-16(27-11-4-3-5-12-27)18-13(9-10-14-19(18)23(29)25-22(14)28)21-20-15(24)7-6-8-17(20)30-26-21/h6-10,16H,2-5,11-12H2,1H3,(H,25,28,29). The molecule has 154 valence electrons. The van der Waals surface area contributed by atoms with E-state index in [-0.39, 0.29) is 11.4 Å². The van der Waals surface area contributed by atoms with Crippen molar-refractivity contribution in [1.82, 2.24) is 15.4 Å². The normalized spacial score (nSPS) is 17.9. The first kappa shape index (κ1) is 18.9. The number of piperidine rings is 1. The number of hydrogen-bond donors (Lipinski definition) is 1. The van der Waals surface area contributed by atoms with Gasteiger partial charge in [0.05, 0.1) is 16.5 Å². The molecule has 1 unspecified atom stereocenters. The van der Waals surface area contributed by atoms with E-state index in [1.54, 1.807) is 24.3 Å². The summed E-state index contributed by atoms with van der Waals surface area (Å²) in [6, 6.07) is 7.92. The van der Waals surface area contributed by atoms with Gasteiger partial charge in [-0.25, -0.2) is 4.39 Å². The van der Waals surface area contributed by atoms with E-state index < -0.39 is 17.6 Å². The van der Waals surface area contributed by atoms with E-state index in [2.05, 4.69) is 22.3 Å². The van der Waals surface area contributed by atoms with E-state index in [0.717, 1.165) is 37.9 Å². The van der Waals surface area contributed by atoms with Crippen molar-refractivity contribution in [3.05, 3.63) is 52.8 Å². The van der Waals surface area contributed by atoms with Crippen LogP contribution < -0.4 is 5.32 Å². The Morgan fingerprint density at radius 2 is 1.87 bits per heavy atom. The average molecular weight is 407 g/mol. The fourth-order valence-corrected chi connectivity index (χ4v) is 4.85. The van der Waals surface area contributed by atoms with Crippen molar-refractivity contribution in [3.8, 4) is 11.3 Å². The molecular weight excluding hydrogens is 385 g/mol. The molecule has 1 N–H and O–H groups in total. The van der Waals surface area contributed by atoms with Gasteiger partial charge in [-0.1, -0.05) is 30.6 Å². The number of nitrogens with one attached hydrogen (secondary N) is 1. The van der Waals surface area contributed by atoms with Crippen LogP contribution in [0.3, 0.4) is 0 Å². The summed E-state index contributed by atoms with van der Waals surface area (Å²) in [4.78, 5) is 27.5. The van der Waals surface area contributed by atoms with Crippen LogP contribution in [0.25, 0.3) is 22.2 Å². The molecule has 3 heterocycles. The monoisotopic (exact) mass is 407 g/mol. The third kappa shape index (κ3) is 2.84. The Labute approximate surface area is 173 Å². The molecule has 1 saturated heterocycles. The Hall–Kier alpha value is -3.06. The second kappa shape index (κ2) is 7.32. The van der Waals surface area contributed by atoms with Gasteiger partial charge in [-0.15, -0.1) is 0 Å². The molecule has 1 aromatic heterocycles. The topological polar surface area (TPSA) is 75.4 Å². The molecular formula is C23H22FN3O3. The minimum absolute atomic E-state index is 0.0783. The number of carbonyl (C=O) groups excluding carboxylic acids is 2. The number of likely N-dealkylation sites (tertiary alicyclic amines) is 1. The van der Waals surface area contributed by atoms with Gasteiger partial charge in [-0.05, 0) is 56.1 Å². The van der Waals surface area contributed by atoms with Gasteiger partial charge >= 0.3 is 0 Å². The van der Waals surface area contributed by atoms with Gasteiger partial charge in [-0.2, -0.15) is 0 Å². The van der Waals surface area contributed by atoms with Crippen molar-refractivity contribution in [2.45, 2.75) is 38.6 Å². The molecule has 0 aliphatic carbocycles. The van der Waals surface area contributed by atoms with Crippen LogP contribution in [-0.2, 0) is 0 Å². The second-order valence-electron chi connectivity index (χ2n) is 7.90. The van der Waals surface area contributed by atoms with E-state index >= 15 is 0 Å². The first-order valence-electron chi connectivity index (χ1n) is 10.4. The van der Waals surface area contributed by atoms with Gasteiger partial charge in [0.25, 0.3) is 11.8 Å². The van der Waals surface area contributed by atoms with Crippen LogP contribution in [-0.4, -0.2) is 35.0 Å². The number of nitrogens with zero attached hydrogens (tertiary/aromatic N) is 2. The lowest BCUT2D eigenvalue weighted by Gasteiger charge is -2.36. The number of amides is 2. The van der Waals surface area contributed by atoms with Crippen molar-refractivity contribution in [1.29, 1.82) is 0 Å². The number of rotatable bonds is 4. The zero-order valence-electron chi connectivity index (χ0n) is 16.7. The van der Waals surface area contributed by atoms with Gasteiger partial charge in [0.2, 0.25) is 0 Å². The van der Waals surface area contributed by atoms with Crippen molar-refractivity contribution in [2.24, 2.45) is 0 Å². The summed E-state index contributed by atoms with van der Waals surface area (Å²) in [6.45, 7) is 3.91. The van der Waals surface area contributed by atoms with Crippen LogP contribution in [0.4, 0.5) is 4.39 Å². The van der Waals surface area contributed by atoms with E-state index in [1.807, 2.05) is 0 Å². The number of hydrogen-bond acceptors (Lipinski definition) is 5. The minimum atomic E-state index is -0.429. The number of halogens is 1. The van der Waals surface area contributed by atoms with E-state index in [1.165, 1.54) is 12.5 Å². The highest BCUT2D eigenvalue weighted by Gasteiger charge is 2.36. The van der Waals surface area contributed by atoms with Gasteiger partial charge in [0.15, 0.2) is 5.58 Å². The fraction of sp³-hybridized carbons (Fsp3) is 0.348. The molecule has 2 aromatic carbocycles. The zero-order chi connectivity index (χ0) is 20.8. The zero-order valence-corrected chi connectivity index (χ0v) is 16.7. The predicted molar refractivity (Wildman–Crippen MR) is 110 cm³/mol. The van der Waals surface area contributed by atoms with Crippen molar-refractivity contribution in [3.63, 3.8) is 0 Å². The Morgan fingerprint density at radius 3 is 2.63 bits per heavy atom. The Balaban J connectivity index is 1.78. The van der Waals surface area contributed by atoms with Gasteiger partial charge in [0, 0.05) is 11.6 Å². The number of imide groups is 1.